The third-order valence-corrected chi connectivity index (χ3v) is 4.20. The maximum Gasteiger partial charge on any atom is 0.318 e. The van der Waals surface area contributed by atoms with Crippen molar-refractivity contribution in [3.8, 4) is 11.5 Å². The molecule has 0 radical (unpaired) electrons. The predicted octanol–water partition coefficient (Wildman–Crippen LogP) is 1.18. The van der Waals surface area contributed by atoms with Crippen LogP contribution in [0.4, 0.5) is 4.79 Å². The summed E-state index contributed by atoms with van der Waals surface area (Å²) < 4.78 is 11.2. The number of carbonyl (C=O) groups is 2. The highest BCUT2D eigenvalue weighted by atomic mass is 16.6. The molecular weight excluding hydrogens is 298 g/mol. The van der Waals surface area contributed by atoms with E-state index in [2.05, 4.69) is 16.3 Å². The van der Waals surface area contributed by atoms with Crippen molar-refractivity contribution in [1.29, 1.82) is 0 Å². The number of likely N-dealkylation sites (tertiary alicyclic amines) is 1. The second-order valence-electron chi connectivity index (χ2n) is 5.76. The van der Waals surface area contributed by atoms with Crippen LogP contribution in [0.25, 0.3) is 0 Å². The lowest BCUT2D eigenvalue weighted by atomic mass is 10.0. The van der Waals surface area contributed by atoms with Crippen molar-refractivity contribution in [2.45, 2.75) is 25.3 Å². The van der Waals surface area contributed by atoms with Crippen LogP contribution in [0.2, 0.25) is 0 Å². The Labute approximate surface area is 134 Å². The number of imide groups is 1. The zero-order valence-electron chi connectivity index (χ0n) is 12.9. The van der Waals surface area contributed by atoms with Gasteiger partial charge in [0.05, 0.1) is 0 Å². The van der Waals surface area contributed by atoms with Crippen molar-refractivity contribution in [1.82, 2.24) is 10.2 Å². The molecule has 3 amide bonds. The lowest BCUT2D eigenvalue weighted by molar-refractivity contribution is -0.120. The quantitative estimate of drug-likeness (QED) is 0.869. The van der Waals surface area contributed by atoms with E-state index in [0.717, 1.165) is 30.9 Å². The van der Waals surface area contributed by atoms with Gasteiger partial charge < -0.3 is 15.2 Å². The summed E-state index contributed by atoms with van der Waals surface area (Å²) in [6.07, 6.45) is 2.37. The molecule has 23 heavy (non-hydrogen) atoms. The van der Waals surface area contributed by atoms with E-state index >= 15 is 0 Å². The smallest absolute Gasteiger partial charge is 0.318 e. The molecule has 7 heteroatoms. The number of nitrogens with two attached hydrogens (primary N) is 1. The van der Waals surface area contributed by atoms with Gasteiger partial charge in [0.1, 0.15) is 13.2 Å². The Hall–Kier alpha value is -2.28. The molecular formula is C16H21N3O4. The van der Waals surface area contributed by atoms with Gasteiger partial charge in [0, 0.05) is 19.0 Å². The summed E-state index contributed by atoms with van der Waals surface area (Å²) in [6, 6.07) is 5.48. The molecule has 1 aromatic rings. The summed E-state index contributed by atoms with van der Waals surface area (Å²) in [4.78, 5) is 24.5. The summed E-state index contributed by atoms with van der Waals surface area (Å²) in [6.45, 7) is 2.68. The summed E-state index contributed by atoms with van der Waals surface area (Å²) in [5.74, 6) is 1.22. The maximum atomic E-state index is 11.6. The first-order chi connectivity index (χ1) is 11.1. The number of primary amides is 1. The number of benzene rings is 1. The van der Waals surface area contributed by atoms with Crippen molar-refractivity contribution in [2.75, 3.05) is 26.3 Å². The van der Waals surface area contributed by atoms with Crippen LogP contribution in [0.5, 0.6) is 11.5 Å². The highest BCUT2D eigenvalue weighted by molar-refractivity contribution is 5.93. The van der Waals surface area contributed by atoms with E-state index < -0.39 is 6.03 Å². The molecule has 7 nitrogen and oxygen atoms in total. The molecule has 3 N–H and O–H groups in total. The van der Waals surface area contributed by atoms with E-state index in [4.69, 9.17) is 15.2 Å². The van der Waals surface area contributed by atoms with Gasteiger partial charge in [0.15, 0.2) is 11.5 Å². The number of amides is 3. The Bertz CT molecular complexity index is 605. The molecule has 2 aliphatic rings. The largest absolute Gasteiger partial charge is 0.486 e. The molecule has 1 fully saturated rings. The van der Waals surface area contributed by atoms with Gasteiger partial charge >= 0.3 is 6.03 Å². The average molecular weight is 319 g/mol. The van der Waals surface area contributed by atoms with E-state index in [1.807, 2.05) is 12.1 Å². The Balaban J connectivity index is 1.64. The third kappa shape index (κ3) is 3.73. The molecule has 1 atom stereocenters. The monoisotopic (exact) mass is 319 g/mol. The minimum atomic E-state index is -0.806. The van der Waals surface area contributed by atoms with Gasteiger partial charge in [-0.2, -0.15) is 0 Å². The Morgan fingerprint density at radius 1 is 1.26 bits per heavy atom. The lowest BCUT2D eigenvalue weighted by Crippen LogP contribution is -2.37. The summed E-state index contributed by atoms with van der Waals surface area (Å²) in [5, 5.41) is 2.10. The van der Waals surface area contributed by atoms with Crippen molar-refractivity contribution >= 4 is 11.9 Å². The number of rotatable bonds is 4. The minimum Gasteiger partial charge on any atom is -0.486 e. The summed E-state index contributed by atoms with van der Waals surface area (Å²) in [7, 11) is 0. The highest BCUT2D eigenvalue weighted by Crippen LogP contribution is 2.37. The number of nitrogens with one attached hydrogen (secondary N) is 1. The van der Waals surface area contributed by atoms with Crippen LogP contribution in [-0.4, -0.2) is 43.1 Å². The fourth-order valence-electron chi connectivity index (χ4n) is 3.18. The zero-order chi connectivity index (χ0) is 16.2. The first-order valence-electron chi connectivity index (χ1n) is 7.86. The van der Waals surface area contributed by atoms with Gasteiger partial charge in [-0.25, -0.2) is 4.79 Å². The molecule has 124 valence electrons. The van der Waals surface area contributed by atoms with Crippen molar-refractivity contribution in [3.63, 3.8) is 0 Å². The number of hydrogen-bond donors (Lipinski definition) is 2. The number of fused-ring (bicyclic) bond motifs is 1. The Morgan fingerprint density at radius 3 is 2.83 bits per heavy atom. The molecule has 1 saturated heterocycles. The van der Waals surface area contributed by atoms with Crippen molar-refractivity contribution in [3.05, 3.63) is 23.8 Å². The van der Waals surface area contributed by atoms with Crippen LogP contribution in [0, 0.1) is 0 Å². The zero-order valence-corrected chi connectivity index (χ0v) is 12.9. The fourth-order valence-corrected chi connectivity index (χ4v) is 3.18. The van der Waals surface area contributed by atoms with Gasteiger partial charge in [-0.05, 0) is 37.1 Å². The molecule has 0 bridgehead atoms. The average Bonchev–Trinajstić information content (AvgIpc) is 3.00. The van der Waals surface area contributed by atoms with Gasteiger partial charge in [0.2, 0.25) is 5.91 Å². The van der Waals surface area contributed by atoms with Crippen molar-refractivity contribution in [2.24, 2.45) is 5.73 Å². The van der Waals surface area contributed by atoms with E-state index in [0.29, 0.717) is 19.8 Å². The third-order valence-electron chi connectivity index (χ3n) is 4.20. The number of nitrogens with zero attached hydrogens (tertiary/aromatic N) is 1. The van der Waals surface area contributed by atoms with E-state index in [9.17, 15) is 9.59 Å². The fraction of sp³-hybridized carbons (Fsp3) is 0.500. The normalized spacial score (nSPS) is 20.3. The molecule has 1 unspecified atom stereocenters. The molecule has 0 aromatic heterocycles. The van der Waals surface area contributed by atoms with Gasteiger partial charge in [0.25, 0.3) is 0 Å². The Kier molecular flexibility index (Phi) is 4.66. The van der Waals surface area contributed by atoms with Crippen LogP contribution in [0.3, 0.4) is 0 Å². The standard InChI is InChI=1S/C16H21N3O4/c17-16(21)18-15(20)5-7-19-6-1-2-12(19)11-3-4-13-14(10-11)23-9-8-22-13/h3-4,10,12H,1-2,5-9H2,(H3,17,18,20,21). The predicted molar refractivity (Wildman–Crippen MR) is 83.3 cm³/mol. The second-order valence-corrected chi connectivity index (χ2v) is 5.76. The number of hydrogen-bond acceptors (Lipinski definition) is 5. The molecule has 2 aliphatic heterocycles. The SMILES string of the molecule is NC(=O)NC(=O)CCN1CCCC1c1ccc2c(c1)OCCO2. The number of ether oxygens (including phenoxy) is 2. The number of carbonyl (C=O) groups excluding carboxylic acids is 2. The number of urea groups is 1. The molecule has 0 spiro atoms. The summed E-state index contributed by atoms with van der Waals surface area (Å²) >= 11 is 0. The highest BCUT2D eigenvalue weighted by Gasteiger charge is 2.27. The molecule has 0 saturated carbocycles. The minimum absolute atomic E-state index is 0.254. The van der Waals surface area contributed by atoms with E-state index in [-0.39, 0.29) is 18.4 Å². The molecule has 2 heterocycles. The Morgan fingerprint density at radius 2 is 2.04 bits per heavy atom. The summed E-state index contributed by atoms with van der Waals surface area (Å²) in [5.41, 5.74) is 6.12. The first kappa shape index (κ1) is 15.6. The molecule has 0 aliphatic carbocycles. The van der Waals surface area contributed by atoms with Gasteiger partial charge in [-0.1, -0.05) is 6.07 Å². The second kappa shape index (κ2) is 6.87. The van der Waals surface area contributed by atoms with Crippen LogP contribution in [-0.2, 0) is 4.79 Å². The topological polar surface area (TPSA) is 93.9 Å². The van der Waals surface area contributed by atoms with Crippen LogP contribution in [0.15, 0.2) is 18.2 Å². The van der Waals surface area contributed by atoms with E-state index in [1.165, 1.54) is 5.56 Å². The van der Waals surface area contributed by atoms with Gasteiger partial charge in [-0.15, -0.1) is 0 Å². The molecule has 3 rings (SSSR count). The van der Waals surface area contributed by atoms with Crippen molar-refractivity contribution < 1.29 is 19.1 Å². The lowest BCUT2D eigenvalue weighted by Gasteiger charge is -2.26. The maximum absolute atomic E-state index is 11.6. The van der Waals surface area contributed by atoms with E-state index in [1.54, 1.807) is 0 Å². The van der Waals surface area contributed by atoms with Crippen LogP contribution in [0.1, 0.15) is 30.9 Å². The van der Waals surface area contributed by atoms with Gasteiger partial charge in [-0.3, -0.25) is 15.0 Å². The van der Waals surface area contributed by atoms with Crippen LogP contribution < -0.4 is 20.5 Å². The van der Waals surface area contributed by atoms with Crippen LogP contribution >= 0.6 is 0 Å². The first-order valence-corrected chi connectivity index (χ1v) is 7.86. The molecule has 1 aromatic carbocycles.